The van der Waals surface area contributed by atoms with Gasteiger partial charge >= 0.3 is 5.97 Å². The van der Waals surface area contributed by atoms with Crippen molar-refractivity contribution in [3.8, 4) is 17.6 Å². The van der Waals surface area contributed by atoms with Gasteiger partial charge in [-0.05, 0) is 30.5 Å². The fraction of sp³-hybridized carbons (Fsp3) is 0.400. The number of Topliss-reactive ketones (excluding diaryl/α,β-unsaturated/α-hetero) is 1. The number of hydrogen-bond acceptors (Lipinski definition) is 8. The molecule has 0 spiro atoms. The van der Waals surface area contributed by atoms with Crippen LogP contribution < -0.4 is 9.47 Å². The third-order valence-corrected chi connectivity index (χ3v) is 6.08. The number of ketones is 1. The smallest absolute Gasteiger partial charge is 0.316 e. The predicted octanol–water partition coefficient (Wildman–Crippen LogP) is 2.96. The summed E-state index contributed by atoms with van der Waals surface area (Å²) in [6.07, 6.45) is 1.94. The second kappa shape index (κ2) is 7.68. The summed E-state index contributed by atoms with van der Waals surface area (Å²) >= 11 is 1.17. The van der Waals surface area contributed by atoms with Crippen LogP contribution in [0, 0.1) is 17.2 Å². The minimum atomic E-state index is -0.453. The zero-order valence-corrected chi connectivity index (χ0v) is 16.1. The maximum atomic E-state index is 12.8. The minimum absolute atomic E-state index is 0.0558. The molecule has 144 valence electrons. The standard InChI is InChI=1S/C20H18N2O5S/c1-25-17(24)9-28-20-12(8-21)18(19-13(22-20)3-2-4-14(19)23)11-5-6-15-16(7-11)27-10-26-15/h5-7,18-19H,2-4,9-10H2,1H3/t18-,19-/m1/s1. The van der Waals surface area contributed by atoms with Gasteiger partial charge < -0.3 is 14.2 Å². The Balaban J connectivity index is 1.79. The first-order chi connectivity index (χ1) is 13.6. The lowest BCUT2D eigenvalue weighted by molar-refractivity contribution is -0.137. The summed E-state index contributed by atoms with van der Waals surface area (Å²) in [6.45, 7) is 0.152. The number of hydrogen-bond donors (Lipinski definition) is 0. The van der Waals surface area contributed by atoms with Crippen molar-refractivity contribution in [1.29, 1.82) is 5.26 Å². The summed E-state index contributed by atoms with van der Waals surface area (Å²) in [5.41, 5.74) is 1.99. The van der Waals surface area contributed by atoms with E-state index in [1.54, 1.807) is 6.07 Å². The molecular formula is C20H18N2O5S. The number of aliphatic imine (C=N–C) groups is 1. The number of carbonyl (C=O) groups is 2. The molecule has 3 aliphatic rings. The van der Waals surface area contributed by atoms with E-state index in [0.717, 1.165) is 17.7 Å². The molecule has 0 N–H and O–H groups in total. The van der Waals surface area contributed by atoms with Crippen LogP contribution in [0.4, 0.5) is 0 Å². The number of methoxy groups -OCH3 is 1. The molecule has 8 heteroatoms. The van der Waals surface area contributed by atoms with Crippen LogP contribution in [0.2, 0.25) is 0 Å². The quantitative estimate of drug-likeness (QED) is 0.719. The third kappa shape index (κ3) is 3.27. The average molecular weight is 398 g/mol. The van der Waals surface area contributed by atoms with Crippen molar-refractivity contribution in [2.45, 2.75) is 25.2 Å². The first-order valence-electron chi connectivity index (χ1n) is 8.96. The molecule has 2 aliphatic heterocycles. The fourth-order valence-corrected chi connectivity index (χ4v) is 4.70. The average Bonchev–Trinajstić information content (AvgIpc) is 3.18. The van der Waals surface area contributed by atoms with Crippen LogP contribution in [-0.4, -0.2) is 37.1 Å². The highest BCUT2D eigenvalue weighted by molar-refractivity contribution is 8.03. The molecule has 0 radical (unpaired) electrons. The summed E-state index contributed by atoms with van der Waals surface area (Å²) in [7, 11) is 1.32. The second-order valence-electron chi connectivity index (χ2n) is 6.69. The number of fused-ring (bicyclic) bond motifs is 2. The molecule has 1 saturated carbocycles. The van der Waals surface area contributed by atoms with Crippen LogP contribution in [0.3, 0.4) is 0 Å². The number of nitriles is 1. The highest BCUT2D eigenvalue weighted by Gasteiger charge is 2.42. The molecule has 0 amide bonds. The highest BCUT2D eigenvalue weighted by Crippen LogP contribution is 2.46. The Hall–Kier alpha value is -2.79. The molecule has 1 fully saturated rings. The van der Waals surface area contributed by atoms with Crippen LogP contribution in [-0.2, 0) is 14.3 Å². The Morgan fingerprint density at radius 2 is 2.14 bits per heavy atom. The summed E-state index contributed by atoms with van der Waals surface area (Å²) in [5.74, 6) is 0.109. The summed E-state index contributed by atoms with van der Waals surface area (Å²) in [4.78, 5) is 29.0. The van der Waals surface area contributed by atoms with E-state index in [9.17, 15) is 14.9 Å². The molecule has 0 unspecified atom stereocenters. The molecule has 0 saturated heterocycles. The van der Waals surface area contributed by atoms with Crippen molar-refractivity contribution in [2.75, 3.05) is 19.7 Å². The van der Waals surface area contributed by atoms with Gasteiger partial charge in [-0.1, -0.05) is 17.8 Å². The van der Waals surface area contributed by atoms with Crippen molar-refractivity contribution < 1.29 is 23.8 Å². The summed E-state index contributed by atoms with van der Waals surface area (Å²) < 4.78 is 15.6. The van der Waals surface area contributed by atoms with Crippen LogP contribution in [0.1, 0.15) is 30.7 Å². The lowest BCUT2D eigenvalue weighted by Gasteiger charge is -2.34. The fourth-order valence-electron chi connectivity index (χ4n) is 3.81. The van der Waals surface area contributed by atoms with Crippen molar-refractivity contribution in [2.24, 2.45) is 10.9 Å². The number of carbonyl (C=O) groups excluding carboxylic acids is 2. The largest absolute Gasteiger partial charge is 0.468 e. The van der Waals surface area contributed by atoms with Crippen LogP contribution in [0.15, 0.2) is 33.8 Å². The number of esters is 1. The van der Waals surface area contributed by atoms with E-state index in [1.807, 2.05) is 12.1 Å². The highest BCUT2D eigenvalue weighted by atomic mass is 32.2. The number of rotatable bonds is 4. The Labute approximate surface area is 166 Å². The van der Waals surface area contributed by atoms with Crippen molar-refractivity contribution in [3.05, 3.63) is 34.4 Å². The zero-order valence-electron chi connectivity index (χ0n) is 15.3. The van der Waals surface area contributed by atoms with Crippen LogP contribution in [0.25, 0.3) is 0 Å². The molecule has 1 aromatic rings. The number of nitrogens with zero attached hydrogens (tertiary/aromatic N) is 2. The van der Waals surface area contributed by atoms with E-state index in [1.165, 1.54) is 18.9 Å². The molecule has 1 aromatic carbocycles. The normalized spacial score (nSPS) is 23.0. The Morgan fingerprint density at radius 3 is 2.93 bits per heavy atom. The Kier molecular flexibility index (Phi) is 5.09. The van der Waals surface area contributed by atoms with Gasteiger partial charge in [-0.3, -0.25) is 9.59 Å². The van der Waals surface area contributed by atoms with Crippen LogP contribution >= 0.6 is 11.8 Å². The van der Waals surface area contributed by atoms with Gasteiger partial charge in [-0.2, -0.15) is 5.26 Å². The van der Waals surface area contributed by atoms with Gasteiger partial charge in [0.05, 0.1) is 30.4 Å². The maximum Gasteiger partial charge on any atom is 0.316 e. The van der Waals surface area contributed by atoms with Gasteiger partial charge in [-0.15, -0.1) is 0 Å². The molecule has 0 bridgehead atoms. The number of thioether (sulfide) groups is 1. The molecule has 7 nitrogen and oxygen atoms in total. The number of allylic oxidation sites excluding steroid dienone is 1. The Morgan fingerprint density at radius 1 is 1.32 bits per heavy atom. The topological polar surface area (TPSA) is 98.0 Å². The zero-order chi connectivity index (χ0) is 19.7. The molecule has 28 heavy (non-hydrogen) atoms. The first kappa shape index (κ1) is 18.6. The monoisotopic (exact) mass is 398 g/mol. The number of ether oxygens (including phenoxy) is 3. The SMILES string of the molecule is COC(=O)CSC1=C(C#N)[C@@H](c2ccc3c(c2)OCO3)[C@H]2C(=O)CCCC2=N1. The minimum Gasteiger partial charge on any atom is -0.468 e. The maximum absolute atomic E-state index is 12.8. The van der Waals surface area contributed by atoms with E-state index >= 15 is 0 Å². The lowest BCUT2D eigenvalue weighted by Crippen LogP contribution is -2.37. The molecule has 1 aliphatic carbocycles. The van der Waals surface area contributed by atoms with Gasteiger partial charge in [0.1, 0.15) is 10.8 Å². The molecule has 0 aromatic heterocycles. The second-order valence-corrected chi connectivity index (χ2v) is 7.65. The molecule has 2 heterocycles. The van der Waals surface area contributed by atoms with Gasteiger partial charge in [0.15, 0.2) is 11.5 Å². The van der Waals surface area contributed by atoms with Crippen molar-refractivity contribution in [3.63, 3.8) is 0 Å². The predicted molar refractivity (Wildman–Crippen MR) is 102 cm³/mol. The van der Waals surface area contributed by atoms with Gasteiger partial charge in [0, 0.05) is 18.1 Å². The molecular weight excluding hydrogens is 380 g/mol. The summed E-state index contributed by atoms with van der Waals surface area (Å²) in [6, 6.07) is 7.73. The van der Waals surface area contributed by atoms with E-state index in [-0.39, 0.29) is 18.3 Å². The Bertz CT molecular complexity index is 946. The van der Waals surface area contributed by atoms with Crippen LogP contribution in [0.5, 0.6) is 11.5 Å². The van der Waals surface area contributed by atoms with E-state index in [0.29, 0.717) is 34.9 Å². The molecule has 2 atom stereocenters. The summed E-state index contributed by atoms with van der Waals surface area (Å²) in [5, 5.41) is 10.4. The van der Waals surface area contributed by atoms with E-state index < -0.39 is 17.8 Å². The van der Waals surface area contributed by atoms with Crippen molar-refractivity contribution >= 4 is 29.2 Å². The number of benzene rings is 1. The first-order valence-corrected chi connectivity index (χ1v) is 9.94. The van der Waals surface area contributed by atoms with Gasteiger partial charge in [0.25, 0.3) is 0 Å². The van der Waals surface area contributed by atoms with Crippen molar-refractivity contribution in [1.82, 2.24) is 0 Å². The van der Waals surface area contributed by atoms with Gasteiger partial charge in [0.2, 0.25) is 6.79 Å². The van der Waals surface area contributed by atoms with E-state index in [2.05, 4.69) is 11.1 Å². The van der Waals surface area contributed by atoms with Gasteiger partial charge in [-0.25, -0.2) is 4.99 Å². The third-order valence-electron chi connectivity index (χ3n) is 5.11. The van der Waals surface area contributed by atoms with E-state index in [4.69, 9.17) is 14.2 Å². The lowest BCUT2D eigenvalue weighted by atomic mass is 9.70. The molecule has 4 rings (SSSR count).